The highest BCUT2D eigenvalue weighted by Crippen LogP contribution is 2.36. The molecule has 0 spiro atoms. The Morgan fingerprint density at radius 2 is 1.81 bits per heavy atom. The predicted octanol–water partition coefficient (Wildman–Crippen LogP) is 2.37. The number of nitrogens with zero attached hydrogens (tertiary/aromatic N) is 2. The molecule has 2 aromatic heterocycles. The van der Waals surface area contributed by atoms with Gasteiger partial charge in [0.15, 0.2) is 5.15 Å². The first-order chi connectivity index (χ1) is 12.4. The summed E-state index contributed by atoms with van der Waals surface area (Å²) in [6.45, 7) is 7.58. The smallest absolute Gasteiger partial charge is 0.399 e. The summed E-state index contributed by atoms with van der Waals surface area (Å²) < 4.78 is 52.9. The average Bonchev–Trinajstić information content (AvgIpc) is 2.77. The Morgan fingerprint density at radius 1 is 1.19 bits per heavy atom. The molecule has 1 aliphatic heterocycles. The lowest BCUT2D eigenvalue weighted by molar-refractivity contribution is 0.00578. The number of halogens is 2. The fourth-order valence-corrected chi connectivity index (χ4v) is 3.69. The van der Waals surface area contributed by atoms with Crippen LogP contribution in [0.2, 0.25) is 5.15 Å². The van der Waals surface area contributed by atoms with E-state index in [4.69, 9.17) is 20.9 Å². The molecule has 1 N–H and O–H groups in total. The molecule has 1 saturated heterocycles. The van der Waals surface area contributed by atoms with Crippen molar-refractivity contribution in [1.29, 1.82) is 0 Å². The van der Waals surface area contributed by atoms with Crippen LogP contribution in [-0.2, 0) is 19.3 Å². The van der Waals surface area contributed by atoms with E-state index >= 15 is 0 Å². The zero-order valence-electron chi connectivity index (χ0n) is 15.2. The fraction of sp³-hybridized carbons (Fsp3) is 0.375. The van der Waals surface area contributed by atoms with Crippen LogP contribution in [-0.4, -0.2) is 36.7 Å². The molecule has 0 amide bonds. The third-order valence-electron chi connectivity index (χ3n) is 4.65. The summed E-state index contributed by atoms with van der Waals surface area (Å²) in [6.07, 6.45) is 3.51. The Labute approximate surface area is 162 Å². The average molecular weight is 414 g/mol. The molecule has 144 valence electrons. The second kappa shape index (κ2) is 6.70. The number of sulfonamides is 1. The number of rotatable bonds is 4. The van der Waals surface area contributed by atoms with Crippen molar-refractivity contribution in [2.24, 2.45) is 0 Å². The van der Waals surface area contributed by atoms with E-state index in [9.17, 15) is 12.8 Å². The standard InChI is InChI=1S/C16H18BClFN3O4S/c1-15(2)16(3,4)26-17(25-15)10-7-12(14(18)21-8-10)22-27(23,24)13-9-20-6-5-11(13)19/h5-9,22H,1-4H3. The monoisotopic (exact) mass is 413 g/mol. The van der Waals surface area contributed by atoms with Gasteiger partial charge in [-0.1, -0.05) is 11.6 Å². The Morgan fingerprint density at radius 3 is 2.41 bits per heavy atom. The van der Waals surface area contributed by atoms with Gasteiger partial charge in [0, 0.05) is 17.9 Å². The van der Waals surface area contributed by atoms with Crippen molar-refractivity contribution < 1.29 is 22.1 Å². The van der Waals surface area contributed by atoms with Crippen molar-refractivity contribution in [2.45, 2.75) is 43.8 Å². The third-order valence-corrected chi connectivity index (χ3v) is 6.32. The van der Waals surface area contributed by atoms with Gasteiger partial charge in [-0.05, 0) is 39.8 Å². The molecule has 11 heteroatoms. The van der Waals surface area contributed by atoms with Gasteiger partial charge in [0.2, 0.25) is 0 Å². The maximum absolute atomic E-state index is 13.8. The molecule has 0 aromatic carbocycles. The summed E-state index contributed by atoms with van der Waals surface area (Å²) in [5.74, 6) is -0.927. The molecule has 0 unspecified atom stereocenters. The molecule has 3 rings (SSSR count). The summed E-state index contributed by atoms with van der Waals surface area (Å²) in [7, 11) is -5.00. The minimum absolute atomic E-state index is 0.0212. The summed E-state index contributed by atoms with van der Waals surface area (Å²) in [5, 5.41) is -0.0943. The number of nitrogens with one attached hydrogen (secondary N) is 1. The van der Waals surface area contributed by atoms with E-state index in [0.717, 1.165) is 18.5 Å². The maximum Gasteiger partial charge on any atom is 0.496 e. The van der Waals surface area contributed by atoms with E-state index in [2.05, 4.69) is 14.7 Å². The van der Waals surface area contributed by atoms with Gasteiger partial charge < -0.3 is 9.31 Å². The van der Waals surface area contributed by atoms with Gasteiger partial charge in [0.25, 0.3) is 10.0 Å². The van der Waals surface area contributed by atoms with Crippen molar-refractivity contribution >= 4 is 39.9 Å². The summed E-state index contributed by atoms with van der Waals surface area (Å²) in [4.78, 5) is 7.03. The highest BCUT2D eigenvalue weighted by Gasteiger charge is 2.52. The molecule has 0 saturated carbocycles. The molecule has 27 heavy (non-hydrogen) atoms. The largest absolute Gasteiger partial charge is 0.496 e. The van der Waals surface area contributed by atoms with Gasteiger partial charge in [-0.25, -0.2) is 17.8 Å². The van der Waals surface area contributed by atoms with Crippen LogP contribution in [0.4, 0.5) is 10.1 Å². The van der Waals surface area contributed by atoms with Gasteiger partial charge >= 0.3 is 7.12 Å². The molecular weight excluding hydrogens is 396 g/mol. The minimum Gasteiger partial charge on any atom is -0.399 e. The lowest BCUT2D eigenvalue weighted by Gasteiger charge is -2.32. The van der Waals surface area contributed by atoms with Gasteiger partial charge in [-0.2, -0.15) is 0 Å². The van der Waals surface area contributed by atoms with Crippen LogP contribution in [0, 0.1) is 5.82 Å². The topological polar surface area (TPSA) is 90.4 Å². The van der Waals surface area contributed by atoms with Crippen LogP contribution in [0.1, 0.15) is 27.7 Å². The Kier molecular flexibility index (Phi) is 4.96. The number of hydrogen-bond donors (Lipinski definition) is 1. The van der Waals surface area contributed by atoms with E-state index in [1.165, 1.54) is 12.3 Å². The van der Waals surface area contributed by atoms with E-state index in [0.29, 0.717) is 5.46 Å². The van der Waals surface area contributed by atoms with Crippen molar-refractivity contribution in [3.8, 4) is 0 Å². The van der Waals surface area contributed by atoms with E-state index in [1.54, 1.807) is 0 Å². The quantitative estimate of drug-likeness (QED) is 0.611. The lowest BCUT2D eigenvalue weighted by atomic mass is 9.80. The molecule has 7 nitrogen and oxygen atoms in total. The Bertz CT molecular complexity index is 971. The van der Waals surface area contributed by atoms with Crippen LogP contribution < -0.4 is 10.2 Å². The summed E-state index contributed by atoms with van der Waals surface area (Å²) in [6, 6.07) is 2.40. The molecular formula is C16H18BClFN3O4S. The van der Waals surface area contributed by atoms with Gasteiger partial charge in [-0.3, -0.25) is 9.71 Å². The SMILES string of the molecule is CC1(C)OB(c2cnc(Cl)c(NS(=O)(=O)c3cnccc3F)c2)OC1(C)C. The first-order valence-corrected chi connectivity index (χ1v) is 9.92. The van der Waals surface area contributed by atoms with Crippen LogP contribution in [0.15, 0.2) is 35.6 Å². The lowest BCUT2D eigenvalue weighted by Crippen LogP contribution is -2.41. The second-order valence-electron chi connectivity index (χ2n) is 7.11. The summed E-state index contributed by atoms with van der Waals surface area (Å²) in [5.41, 5.74) is -0.694. The van der Waals surface area contributed by atoms with E-state index in [-0.39, 0.29) is 10.8 Å². The minimum atomic E-state index is -4.25. The highest BCUT2D eigenvalue weighted by molar-refractivity contribution is 7.92. The molecule has 2 aromatic rings. The zero-order valence-corrected chi connectivity index (χ0v) is 16.7. The zero-order chi connectivity index (χ0) is 20.0. The number of hydrogen-bond acceptors (Lipinski definition) is 6. The van der Waals surface area contributed by atoms with Crippen molar-refractivity contribution in [3.63, 3.8) is 0 Å². The van der Waals surface area contributed by atoms with Gasteiger partial charge in [-0.15, -0.1) is 0 Å². The maximum atomic E-state index is 13.8. The predicted molar refractivity (Wildman–Crippen MR) is 100.0 cm³/mol. The second-order valence-corrected chi connectivity index (χ2v) is 9.12. The van der Waals surface area contributed by atoms with Crippen molar-refractivity contribution in [3.05, 3.63) is 41.7 Å². The fourth-order valence-electron chi connectivity index (χ4n) is 2.40. The highest BCUT2D eigenvalue weighted by atomic mass is 35.5. The van der Waals surface area contributed by atoms with Gasteiger partial charge in [0.05, 0.1) is 23.1 Å². The van der Waals surface area contributed by atoms with Crippen LogP contribution in [0.3, 0.4) is 0 Å². The third kappa shape index (κ3) is 3.80. The van der Waals surface area contributed by atoms with E-state index in [1.807, 2.05) is 27.7 Å². The number of anilines is 1. The first-order valence-electron chi connectivity index (χ1n) is 8.06. The molecule has 1 aliphatic rings. The first kappa shape index (κ1) is 20.0. The van der Waals surface area contributed by atoms with Crippen molar-refractivity contribution in [1.82, 2.24) is 9.97 Å². The van der Waals surface area contributed by atoms with E-state index < -0.39 is 39.1 Å². The Hall–Kier alpha value is -1.75. The Balaban J connectivity index is 1.92. The molecule has 1 fully saturated rings. The number of pyridine rings is 2. The summed E-state index contributed by atoms with van der Waals surface area (Å²) >= 11 is 6.02. The van der Waals surface area contributed by atoms with Crippen LogP contribution in [0.5, 0.6) is 0 Å². The van der Waals surface area contributed by atoms with Gasteiger partial charge in [0.1, 0.15) is 10.7 Å². The van der Waals surface area contributed by atoms with Crippen molar-refractivity contribution in [2.75, 3.05) is 4.72 Å². The molecule has 0 bridgehead atoms. The normalized spacial score (nSPS) is 18.5. The number of aromatic nitrogens is 2. The molecule has 0 atom stereocenters. The van der Waals surface area contributed by atoms with Crippen LogP contribution >= 0.6 is 11.6 Å². The molecule has 3 heterocycles. The van der Waals surface area contributed by atoms with Crippen LogP contribution in [0.25, 0.3) is 0 Å². The molecule has 0 radical (unpaired) electrons. The molecule has 0 aliphatic carbocycles.